The molecule has 1 amide bonds. The summed E-state index contributed by atoms with van der Waals surface area (Å²) in [5.41, 5.74) is 2.21. The van der Waals surface area contributed by atoms with E-state index in [0.29, 0.717) is 12.3 Å². The number of nitrogens with two attached hydrogens (primary N) is 1. The number of aromatic nitrogens is 1. The maximum Gasteiger partial charge on any atom is 0.287 e. The highest BCUT2D eigenvalue weighted by molar-refractivity contribution is 7.98. The van der Waals surface area contributed by atoms with Gasteiger partial charge in [-0.1, -0.05) is 5.16 Å². The molecule has 0 fully saturated rings. The predicted molar refractivity (Wildman–Crippen MR) is 62.9 cm³/mol. The largest absolute Gasteiger partial charge is 0.359 e. The second-order valence-electron chi connectivity index (χ2n) is 3.38. The van der Waals surface area contributed by atoms with Crippen LogP contribution in [0.2, 0.25) is 0 Å². The Kier molecular flexibility index (Phi) is 5.30. The summed E-state index contributed by atoms with van der Waals surface area (Å²) in [6.07, 6.45) is 2.06. The molecule has 6 nitrogen and oxygen atoms in total. The van der Waals surface area contributed by atoms with Crippen molar-refractivity contribution in [2.45, 2.75) is 6.54 Å². The molecule has 0 aliphatic heterocycles. The molecule has 0 saturated carbocycles. The first kappa shape index (κ1) is 13.0. The average molecular weight is 244 g/mol. The van der Waals surface area contributed by atoms with Crippen molar-refractivity contribution in [3.8, 4) is 0 Å². The van der Waals surface area contributed by atoms with Crippen LogP contribution in [-0.4, -0.2) is 41.6 Å². The SMILES string of the molecule is CSCCN(C)Cc1cc(C(=O)NN)no1. The Bertz CT molecular complexity index is 342. The van der Waals surface area contributed by atoms with Crippen LogP contribution in [0, 0.1) is 0 Å². The summed E-state index contributed by atoms with van der Waals surface area (Å²) in [4.78, 5) is 13.2. The summed E-state index contributed by atoms with van der Waals surface area (Å²) in [5, 5.41) is 3.62. The first-order valence-corrected chi connectivity index (χ1v) is 6.20. The first-order chi connectivity index (χ1) is 7.67. The fraction of sp³-hybridized carbons (Fsp3) is 0.556. The first-order valence-electron chi connectivity index (χ1n) is 4.81. The lowest BCUT2D eigenvalue weighted by atomic mass is 10.3. The standard InChI is InChI=1S/C9H16N4O2S/c1-13(3-4-16-2)6-7-5-8(12-15-7)9(14)11-10/h5H,3-4,6,10H2,1-2H3,(H,11,14). The quantitative estimate of drug-likeness (QED) is 0.418. The van der Waals surface area contributed by atoms with E-state index in [1.54, 1.807) is 17.8 Å². The van der Waals surface area contributed by atoms with Gasteiger partial charge in [0.15, 0.2) is 11.5 Å². The van der Waals surface area contributed by atoms with Crippen LogP contribution >= 0.6 is 11.8 Å². The maximum atomic E-state index is 11.1. The number of thioether (sulfide) groups is 1. The smallest absolute Gasteiger partial charge is 0.287 e. The lowest BCUT2D eigenvalue weighted by Crippen LogP contribution is -2.30. The number of carbonyl (C=O) groups is 1. The summed E-state index contributed by atoms with van der Waals surface area (Å²) in [6, 6.07) is 1.60. The number of nitrogens with one attached hydrogen (secondary N) is 1. The third kappa shape index (κ3) is 3.84. The molecule has 0 radical (unpaired) electrons. The van der Waals surface area contributed by atoms with E-state index in [9.17, 15) is 4.79 Å². The van der Waals surface area contributed by atoms with Gasteiger partial charge in [-0.2, -0.15) is 11.8 Å². The van der Waals surface area contributed by atoms with Gasteiger partial charge in [0, 0.05) is 18.4 Å². The van der Waals surface area contributed by atoms with Gasteiger partial charge in [0.05, 0.1) is 6.54 Å². The highest BCUT2D eigenvalue weighted by Gasteiger charge is 2.12. The molecule has 90 valence electrons. The molecule has 0 aliphatic carbocycles. The van der Waals surface area contributed by atoms with Crippen LogP contribution in [0.15, 0.2) is 10.6 Å². The summed E-state index contributed by atoms with van der Waals surface area (Å²) >= 11 is 1.79. The molecule has 16 heavy (non-hydrogen) atoms. The fourth-order valence-corrected chi connectivity index (χ4v) is 1.65. The van der Waals surface area contributed by atoms with Crippen molar-refractivity contribution in [1.29, 1.82) is 0 Å². The van der Waals surface area contributed by atoms with Crippen LogP contribution < -0.4 is 11.3 Å². The predicted octanol–water partition coefficient (Wildman–Crippen LogP) is 0.0729. The lowest BCUT2D eigenvalue weighted by Gasteiger charge is -2.12. The van der Waals surface area contributed by atoms with Crippen LogP contribution in [0.25, 0.3) is 0 Å². The van der Waals surface area contributed by atoms with E-state index in [1.165, 1.54) is 0 Å². The van der Waals surface area contributed by atoms with Crippen LogP contribution in [0.5, 0.6) is 0 Å². The summed E-state index contributed by atoms with van der Waals surface area (Å²) in [5.74, 6) is 6.25. The van der Waals surface area contributed by atoms with E-state index >= 15 is 0 Å². The molecule has 0 spiro atoms. The molecule has 3 N–H and O–H groups in total. The molecule has 0 aromatic carbocycles. The minimum absolute atomic E-state index is 0.204. The number of carbonyl (C=O) groups excluding carboxylic acids is 1. The van der Waals surface area contributed by atoms with Gasteiger partial charge in [-0.25, -0.2) is 5.84 Å². The Balaban J connectivity index is 2.48. The van der Waals surface area contributed by atoms with Crippen LogP contribution in [0.1, 0.15) is 16.2 Å². The topological polar surface area (TPSA) is 84.4 Å². The maximum absolute atomic E-state index is 11.1. The molecule has 1 aromatic heterocycles. The van der Waals surface area contributed by atoms with Crippen molar-refractivity contribution in [1.82, 2.24) is 15.5 Å². The molecule has 1 rings (SSSR count). The summed E-state index contributed by atoms with van der Waals surface area (Å²) in [6.45, 7) is 1.59. The number of nitrogen functional groups attached to an aromatic ring is 1. The van der Waals surface area contributed by atoms with E-state index in [4.69, 9.17) is 10.4 Å². The minimum Gasteiger partial charge on any atom is -0.359 e. The van der Waals surface area contributed by atoms with Gasteiger partial charge in [0.25, 0.3) is 5.91 Å². The molecule has 0 saturated heterocycles. The van der Waals surface area contributed by atoms with E-state index in [1.807, 2.05) is 12.5 Å². The third-order valence-corrected chi connectivity index (χ3v) is 2.62. The monoisotopic (exact) mass is 244 g/mol. The molecule has 1 heterocycles. The van der Waals surface area contributed by atoms with Crippen molar-refractivity contribution < 1.29 is 9.32 Å². The Morgan fingerprint density at radius 2 is 2.50 bits per heavy atom. The Morgan fingerprint density at radius 3 is 3.12 bits per heavy atom. The normalized spacial score (nSPS) is 10.8. The fourth-order valence-electron chi connectivity index (χ4n) is 1.16. The van der Waals surface area contributed by atoms with Crippen molar-refractivity contribution in [3.63, 3.8) is 0 Å². The molecular weight excluding hydrogens is 228 g/mol. The molecule has 7 heteroatoms. The van der Waals surface area contributed by atoms with E-state index in [2.05, 4.69) is 16.3 Å². The van der Waals surface area contributed by atoms with Crippen molar-refractivity contribution in [3.05, 3.63) is 17.5 Å². The zero-order chi connectivity index (χ0) is 12.0. The van der Waals surface area contributed by atoms with Crippen LogP contribution in [0.4, 0.5) is 0 Å². The van der Waals surface area contributed by atoms with Crippen molar-refractivity contribution in [2.24, 2.45) is 5.84 Å². The van der Waals surface area contributed by atoms with E-state index in [0.717, 1.165) is 12.3 Å². The van der Waals surface area contributed by atoms with Gasteiger partial charge in [-0.15, -0.1) is 0 Å². The van der Waals surface area contributed by atoms with Gasteiger partial charge >= 0.3 is 0 Å². The average Bonchev–Trinajstić information content (AvgIpc) is 2.73. The van der Waals surface area contributed by atoms with Gasteiger partial charge in [-0.3, -0.25) is 15.1 Å². The summed E-state index contributed by atoms with van der Waals surface area (Å²) in [7, 11) is 1.99. The second-order valence-corrected chi connectivity index (χ2v) is 4.37. The zero-order valence-electron chi connectivity index (χ0n) is 9.40. The summed E-state index contributed by atoms with van der Waals surface area (Å²) < 4.78 is 5.02. The second kappa shape index (κ2) is 6.51. The molecule has 0 aliphatic rings. The highest BCUT2D eigenvalue weighted by atomic mass is 32.2. The van der Waals surface area contributed by atoms with Crippen molar-refractivity contribution >= 4 is 17.7 Å². The number of rotatable bonds is 6. The number of nitrogens with zero attached hydrogens (tertiary/aromatic N) is 2. The molecular formula is C9H16N4O2S. The van der Waals surface area contributed by atoms with Crippen molar-refractivity contribution in [2.75, 3.05) is 25.6 Å². The number of hydrazine groups is 1. The minimum atomic E-state index is -0.443. The van der Waals surface area contributed by atoms with Gasteiger partial charge in [0.1, 0.15) is 0 Å². The molecule has 0 atom stereocenters. The van der Waals surface area contributed by atoms with Gasteiger partial charge < -0.3 is 4.52 Å². The van der Waals surface area contributed by atoms with Gasteiger partial charge in [-0.05, 0) is 13.3 Å². The number of amides is 1. The van der Waals surface area contributed by atoms with Gasteiger partial charge in [0.2, 0.25) is 0 Å². The Hall–Kier alpha value is -1.05. The zero-order valence-corrected chi connectivity index (χ0v) is 10.2. The third-order valence-electron chi connectivity index (χ3n) is 2.03. The number of hydrogen-bond acceptors (Lipinski definition) is 6. The molecule has 1 aromatic rings. The Morgan fingerprint density at radius 1 is 1.75 bits per heavy atom. The molecule has 0 bridgehead atoms. The van der Waals surface area contributed by atoms with E-state index in [-0.39, 0.29) is 5.69 Å². The Labute approximate surface area is 98.5 Å². The van der Waals surface area contributed by atoms with Crippen LogP contribution in [0.3, 0.4) is 0 Å². The molecule has 0 unspecified atom stereocenters. The van der Waals surface area contributed by atoms with Crippen LogP contribution in [-0.2, 0) is 6.54 Å². The van der Waals surface area contributed by atoms with E-state index < -0.39 is 5.91 Å². The number of hydrogen-bond donors (Lipinski definition) is 2. The lowest BCUT2D eigenvalue weighted by molar-refractivity contribution is 0.0944. The highest BCUT2D eigenvalue weighted by Crippen LogP contribution is 2.06.